The van der Waals surface area contributed by atoms with E-state index in [2.05, 4.69) is 5.32 Å². The summed E-state index contributed by atoms with van der Waals surface area (Å²) in [5, 5.41) is 21.8. The van der Waals surface area contributed by atoms with Crippen molar-refractivity contribution in [2.45, 2.75) is 57.8 Å². The zero-order chi connectivity index (χ0) is 18.7. The van der Waals surface area contributed by atoms with Crippen LogP contribution in [0.3, 0.4) is 0 Å². The van der Waals surface area contributed by atoms with Crippen LogP contribution in [-0.4, -0.2) is 48.6 Å². The molecule has 3 unspecified atom stereocenters. The topological polar surface area (TPSA) is 88.0 Å². The van der Waals surface area contributed by atoms with E-state index in [0.717, 1.165) is 18.4 Å². The minimum atomic E-state index is -0.752. The second-order valence-corrected chi connectivity index (χ2v) is 6.36. The molecule has 3 N–H and O–H groups in total. The lowest BCUT2D eigenvalue weighted by Gasteiger charge is -2.18. The van der Waals surface area contributed by atoms with Gasteiger partial charge in [-0.25, -0.2) is 0 Å². The van der Waals surface area contributed by atoms with Gasteiger partial charge in [0.15, 0.2) is 0 Å². The summed E-state index contributed by atoms with van der Waals surface area (Å²) < 4.78 is 10.9. The number of methoxy groups -OCH3 is 1. The molecule has 0 fully saturated rings. The van der Waals surface area contributed by atoms with Gasteiger partial charge in [0.25, 0.3) is 0 Å². The normalized spacial score (nSPS) is 14.7. The minimum absolute atomic E-state index is 0.0424. The quantitative estimate of drug-likeness (QED) is 0.473. The zero-order valence-electron chi connectivity index (χ0n) is 15.4. The SMILES string of the molecule is COC(C)c1ccc(OCC(O)CNC(C)CCCCC(=O)O)cc1. The summed E-state index contributed by atoms with van der Waals surface area (Å²) in [6.07, 6.45) is 2.09. The van der Waals surface area contributed by atoms with Gasteiger partial charge in [-0.05, 0) is 44.4 Å². The number of unbranched alkanes of at least 4 members (excludes halogenated alkanes) is 1. The molecule has 0 saturated heterocycles. The van der Waals surface area contributed by atoms with Crippen LogP contribution in [0, 0.1) is 0 Å². The molecule has 3 atom stereocenters. The lowest BCUT2D eigenvalue weighted by molar-refractivity contribution is -0.137. The van der Waals surface area contributed by atoms with Crippen LogP contribution in [0.5, 0.6) is 5.75 Å². The van der Waals surface area contributed by atoms with Gasteiger partial charge in [0, 0.05) is 26.1 Å². The lowest BCUT2D eigenvalue weighted by Crippen LogP contribution is -2.36. The summed E-state index contributed by atoms with van der Waals surface area (Å²) in [5.74, 6) is -0.0364. The lowest BCUT2D eigenvalue weighted by atomic mass is 10.1. The number of nitrogens with one attached hydrogen (secondary N) is 1. The first kappa shape index (κ1) is 21.4. The zero-order valence-corrected chi connectivity index (χ0v) is 15.4. The Balaban J connectivity index is 2.19. The van der Waals surface area contributed by atoms with Crippen LogP contribution in [0.1, 0.15) is 51.2 Å². The fourth-order valence-electron chi connectivity index (χ4n) is 2.39. The van der Waals surface area contributed by atoms with Crippen molar-refractivity contribution in [3.63, 3.8) is 0 Å². The molecule has 6 heteroatoms. The average molecular weight is 353 g/mol. The van der Waals surface area contributed by atoms with E-state index in [9.17, 15) is 9.90 Å². The molecular formula is C19H31NO5. The molecule has 25 heavy (non-hydrogen) atoms. The van der Waals surface area contributed by atoms with E-state index in [-0.39, 0.29) is 25.2 Å². The van der Waals surface area contributed by atoms with Crippen molar-refractivity contribution in [1.82, 2.24) is 5.32 Å². The summed E-state index contributed by atoms with van der Waals surface area (Å²) in [6, 6.07) is 7.88. The van der Waals surface area contributed by atoms with Gasteiger partial charge in [-0.2, -0.15) is 0 Å². The standard InChI is InChI=1S/C19H31NO5/c1-14(6-4-5-7-19(22)23)20-12-17(21)13-25-18-10-8-16(9-11-18)15(2)24-3/h8-11,14-15,17,20-21H,4-7,12-13H2,1-3H3,(H,22,23). The highest BCUT2D eigenvalue weighted by Gasteiger charge is 2.09. The van der Waals surface area contributed by atoms with E-state index in [0.29, 0.717) is 18.7 Å². The van der Waals surface area contributed by atoms with Crippen LogP contribution in [0.25, 0.3) is 0 Å². The molecular weight excluding hydrogens is 322 g/mol. The summed E-state index contributed by atoms with van der Waals surface area (Å²) in [6.45, 7) is 4.68. The summed E-state index contributed by atoms with van der Waals surface area (Å²) in [7, 11) is 1.67. The number of hydrogen-bond donors (Lipinski definition) is 3. The molecule has 1 aromatic rings. The number of aliphatic hydroxyl groups excluding tert-OH is 1. The summed E-state index contributed by atoms with van der Waals surface area (Å²) >= 11 is 0. The minimum Gasteiger partial charge on any atom is -0.491 e. The molecule has 1 rings (SSSR count). The molecule has 0 amide bonds. The predicted molar refractivity (Wildman–Crippen MR) is 96.9 cm³/mol. The van der Waals surface area contributed by atoms with Crippen molar-refractivity contribution in [3.05, 3.63) is 29.8 Å². The molecule has 6 nitrogen and oxygen atoms in total. The predicted octanol–water partition coefficient (Wildman–Crippen LogP) is 2.76. The maximum Gasteiger partial charge on any atom is 0.303 e. The fraction of sp³-hybridized carbons (Fsp3) is 0.632. The maximum absolute atomic E-state index is 10.4. The van der Waals surface area contributed by atoms with E-state index in [1.54, 1.807) is 7.11 Å². The van der Waals surface area contributed by atoms with Crippen molar-refractivity contribution in [2.75, 3.05) is 20.3 Å². The van der Waals surface area contributed by atoms with Crippen molar-refractivity contribution < 1.29 is 24.5 Å². The van der Waals surface area contributed by atoms with E-state index < -0.39 is 12.1 Å². The Morgan fingerprint density at radius 1 is 1.20 bits per heavy atom. The van der Waals surface area contributed by atoms with Crippen molar-refractivity contribution in [2.24, 2.45) is 0 Å². The van der Waals surface area contributed by atoms with Crippen LogP contribution < -0.4 is 10.1 Å². The van der Waals surface area contributed by atoms with Crippen LogP contribution in [0.2, 0.25) is 0 Å². The Morgan fingerprint density at radius 2 is 1.88 bits per heavy atom. The van der Waals surface area contributed by atoms with E-state index in [1.807, 2.05) is 38.1 Å². The van der Waals surface area contributed by atoms with Gasteiger partial charge in [0.05, 0.1) is 6.10 Å². The van der Waals surface area contributed by atoms with Crippen molar-refractivity contribution in [1.29, 1.82) is 0 Å². The third-order valence-electron chi connectivity index (χ3n) is 4.13. The second kappa shape index (κ2) is 11.8. The van der Waals surface area contributed by atoms with Crippen LogP contribution in [0.15, 0.2) is 24.3 Å². The number of carboxylic acids is 1. The van der Waals surface area contributed by atoms with Crippen LogP contribution >= 0.6 is 0 Å². The van der Waals surface area contributed by atoms with Gasteiger partial charge in [0.1, 0.15) is 18.5 Å². The Bertz CT molecular complexity index is 491. The summed E-state index contributed by atoms with van der Waals surface area (Å²) in [5.41, 5.74) is 1.08. The molecule has 0 spiro atoms. The number of aliphatic carboxylic acids is 1. The molecule has 0 aliphatic heterocycles. The average Bonchev–Trinajstić information content (AvgIpc) is 2.61. The van der Waals surface area contributed by atoms with Gasteiger partial charge in [-0.15, -0.1) is 0 Å². The number of benzene rings is 1. The highest BCUT2D eigenvalue weighted by molar-refractivity contribution is 5.66. The van der Waals surface area contributed by atoms with Gasteiger partial charge in [-0.1, -0.05) is 18.6 Å². The molecule has 142 valence electrons. The number of ether oxygens (including phenoxy) is 2. The Hall–Kier alpha value is -1.63. The van der Waals surface area contributed by atoms with Crippen molar-refractivity contribution in [3.8, 4) is 5.75 Å². The monoisotopic (exact) mass is 353 g/mol. The molecule has 0 heterocycles. The van der Waals surface area contributed by atoms with Crippen molar-refractivity contribution >= 4 is 5.97 Å². The smallest absolute Gasteiger partial charge is 0.303 e. The van der Waals surface area contributed by atoms with E-state index >= 15 is 0 Å². The number of hydrogen-bond acceptors (Lipinski definition) is 5. The molecule has 0 aliphatic carbocycles. The number of rotatable bonds is 13. The maximum atomic E-state index is 10.4. The highest BCUT2D eigenvalue weighted by atomic mass is 16.5. The van der Waals surface area contributed by atoms with Gasteiger partial charge >= 0.3 is 5.97 Å². The first-order valence-electron chi connectivity index (χ1n) is 8.81. The van der Waals surface area contributed by atoms with Gasteiger partial charge in [-0.3, -0.25) is 4.79 Å². The molecule has 0 aromatic heterocycles. The summed E-state index contributed by atoms with van der Waals surface area (Å²) in [4.78, 5) is 10.4. The molecule has 0 saturated carbocycles. The largest absolute Gasteiger partial charge is 0.491 e. The second-order valence-electron chi connectivity index (χ2n) is 6.36. The highest BCUT2D eigenvalue weighted by Crippen LogP contribution is 2.19. The molecule has 0 radical (unpaired) electrons. The van der Waals surface area contributed by atoms with E-state index in [4.69, 9.17) is 14.6 Å². The first-order valence-corrected chi connectivity index (χ1v) is 8.81. The van der Waals surface area contributed by atoms with E-state index in [1.165, 1.54) is 0 Å². The first-order chi connectivity index (χ1) is 11.9. The van der Waals surface area contributed by atoms with Crippen LogP contribution in [-0.2, 0) is 9.53 Å². The number of aliphatic hydroxyl groups is 1. The number of carboxylic acid groups (broad SMARTS) is 1. The molecule has 0 aliphatic rings. The Kier molecular flexibility index (Phi) is 10.1. The third-order valence-corrected chi connectivity index (χ3v) is 4.13. The Labute approximate surface area is 150 Å². The third kappa shape index (κ3) is 9.43. The van der Waals surface area contributed by atoms with Gasteiger partial charge < -0.3 is 25.0 Å². The fourth-order valence-corrected chi connectivity index (χ4v) is 2.39. The van der Waals surface area contributed by atoms with Gasteiger partial charge in [0.2, 0.25) is 0 Å². The molecule has 0 bridgehead atoms. The Morgan fingerprint density at radius 3 is 2.48 bits per heavy atom. The number of carbonyl (C=O) groups is 1. The van der Waals surface area contributed by atoms with Crippen LogP contribution in [0.4, 0.5) is 0 Å². The molecule has 1 aromatic carbocycles.